The number of nitrogens with one attached hydrogen (secondary N) is 1. The van der Waals surface area contributed by atoms with Gasteiger partial charge in [0.1, 0.15) is 14.0 Å². The van der Waals surface area contributed by atoms with Crippen LogP contribution in [0.15, 0.2) is 0 Å². The zero-order chi connectivity index (χ0) is 12.0. The van der Waals surface area contributed by atoms with E-state index in [1.54, 1.807) is 0 Å². The molecule has 2 aliphatic heterocycles. The van der Waals surface area contributed by atoms with Gasteiger partial charge in [-0.3, -0.25) is 4.57 Å². The largest absolute Gasteiger partial charge is 0.766 e. The third-order valence-corrected chi connectivity index (χ3v) is 3.74. The Morgan fingerprint density at radius 3 is 3.06 bits per heavy atom. The number of fused-ring (bicyclic) bond motifs is 1. The molecule has 0 aromatic carbocycles. The lowest BCUT2D eigenvalue weighted by atomic mass is 9.95. The third kappa shape index (κ3) is 2.35. The number of hydrogen-bond acceptors (Lipinski definition) is 5. The van der Waals surface area contributed by atoms with Gasteiger partial charge in [0.05, 0.1) is 12.7 Å². The topological polar surface area (TPSA) is 79.9 Å². The van der Waals surface area contributed by atoms with Crippen molar-refractivity contribution in [2.45, 2.75) is 44.2 Å². The van der Waals surface area contributed by atoms with Crippen LogP contribution in [-0.4, -0.2) is 38.4 Å². The molecule has 1 unspecified atom stereocenters. The van der Waals surface area contributed by atoms with Crippen LogP contribution in [0.1, 0.15) is 20.3 Å². The van der Waals surface area contributed by atoms with Gasteiger partial charge >= 0.3 is 0 Å². The minimum atomic E-state index is -4.03. The van der Waals surface area contributed by atoms with Crippen molar-refractivity contribution in [3.8, 4) is 0 Å². The maximum atomic E-state index is 11.3. The first-order valence-electron chi connectivity index (χ1n) is 5.17. The van der Waals surface area contributed by atoms with E-state index in [1.165, 1.54) is 0 Å². The minimum Gasteiger partial charge on any atom is -0.766 e. The standard InChI is InChI=1S/C8H15BNO5P/c1-5(2)13-4-8-6(3-7(9)14-8)15-16(11,12)10-8/h5-7H,3-4H2,1-2H3,(H2,10,11,12)/p-1/t6-,7-,8-/m1/s1. The molecule has 0 bridgehead atoms. The minimum absolute atomic E-state index is 0.0242. The van der Waals surface area contributed by atoms with E-state index in [9.17, 15) is 9.46 Å². The molecule has 0 aromatic rings. The second-order valence-corrected chi connectivity index (χ2v) is 5.77. The van der Waals surface area contributed by atoms with Crippen molar-refractivity contribution in [3.05, 3.63) is 0 Å². The third-order valence-electron chi connectivity index (χ3n) is 2.55. The van der Waals surface area contributed by atoms with E-state index >= 15 is 0 Å². The second-order valence-electron chi connectivity index (χ2n) is 4.34. The summed E-state index contributed by atoms with van der Waals surface area (Å²) in [4.78, 5) is 11.3. The molecular weight excluding hydrogens is 232 g/mol. The summed E-state index contributed by atoms with van der Waals surface area (Å²) in [7, 11) is 1.58. The molecule has 2 aliphatic rings. The summed E-state index contributed by atoms with van der Waals surface area (Å²) in [6.45, 7) is 3.80. The van der Waals surface area contributed by atoms with Crippen molar-refractivity contribution >= 4 is 15.6 Å². The van der Waals surface area contributed by atoms with Crippen LogP contribution in [0.25, 0.3) is 0 Å². The number of rotatable bonds is 3. The molecule has 2 radical (unpaired) electrons. The molecule has 0 spiro atoms. The van der Waals surface area contributed by atoms with Crippen LogP contribution < -0.4 is 9.98 Å². The van der Waals surface area contributed by atoms with Gasteiger partial charge in [-0.05, 0) is 20.3 Å². The summed E-state index contributed by atoms with van der Waals surface area (Å²) < 4.78 is 27.0. The lowest BCUT2D eigenvalue weighted by molar-refractivity contribution is -0.199. The summed E-state index contributed by atoms with van der Waals surface area (Å²) in [6, 6.07) is -0.534. The molecule has 4 atom stereocenters. The number of hydrogen-bond donors (Lipinski definition) is 1. The van der Waals surface area contributed by atoms with Gasteiger partial charge in [0.2, 0.25) is 7.75 Å². The summed E-state index contributed by atoms with van der Waals surface area (Å²) >= 11 is 0. The molecule has 0 aliphatic carbocycles. The Labute approximate surface area is 95.6 Å². The molecule has 2 fully saturated rings. The van der Waals surface area contributed by atoms with E-state index in [0.29, 0.717) is 6.42 Å². The normalized spacial score (nSPS) is 47.5. The SMILES string of the molecule is [B][C@H]1C[C@H]2OP(=O)([O-])N[C@]2(COC(C)C)O1. The van der Waals surface area contributed by atoms with Gasteiger partial charge in [-0.25, -0.2) is 5.09 Å². The second kappa shape index (κ2) is 4.08. The van der Waals surface area contributed by atoms with Crippen molar-refractivity contribution < 1.29 is 23.5 Å². The Kier molecular flexibility index (Phi) is 3.20. The van der Waals surface area contributed by atoms with Crippen molar-refractivity contribution in [2.24, 2.45) is 0 Å². The molecule has 0 aromatic heterocycles. The van der Waals surface area contributed by atoms with Crippen molar-refractivity contribution in [3.63, 3.8) is 0 Å². The number of ether oxygens (including phenoxy) is 2. The average molecular weight is 246 g/mol. The summed E-state index contributed by atoms with van der Waals surface area (Å²) in [5.74, 6) is 0. The van der Waals surface area contributed by atoms with Crippen molar-refractivity contribution in [2.75, 3.05) is 6.61 Å². The molecule has 2 saturated heterocycles. The van der Waals surface area contributed by atoms with Gasteiger partial charge in [0, 0.05) is 6.00 Å². The molecule has 90 valence electrons. The maximum absolute atomic E-state index is 11.3. The fourth-order valence-corrected chi connectivity index (χ4v) is 3.27. The quantitative estimate of drug-likeness (QED) is 0.533. The van der Waals surface area contributed by atoms with E-state index < -0.39 is 25.6 Å². The van der Waals surface area contributed by atoms with Crippen LogP contribution in [0, 0.1) is 0 Å². The monoisotopic (exact) mass is 246 g/mol. The first kappa shape index (κ1) is 12.5. The van der Waals surface area contributed by atoms with E-state index in [1.807, 2.05) is 13.8 Å². The van der Waals surface area contributed by atoms with Gasteiger partial charge in [-0.2, -0.15) is 0 Å². The van der Waals surface area contributed by atoms with Crippen LogP contribution in [0.2, 0.25) is 0 Å². The van der Waals surface area contributed by atoms with Crippen LogP contribution in [-0.2, 0) is 18.6 Å². The van der Waals surface area contributed by atoms with Gasteiger partial charge in [0.15, 0.2) is 5.72 Å². The zero-order valence-electron chi connectivity index (χ0n) is 9.21. The summed E-state index contributed by atoms with van der Waals surface area (Å²) in [6.07, 6.45) is -0.297. The molecular formula is C8H14BNO5P-. The Hall–Kier alpha value is 0.0949. The molecule has 0 saturated carbocycles. The highest BCUT2D eigenvalue weighted by molar-refractivity contribution is 7.49. The van der Waals surface area contributed by atoms with Crippen LogP contribution >= 0.6 is 7.75 Å². The molecule has 2 heterocycles. The van der Waals surface area contributed by atoms with Gasteiger partial charge in [-0.15, -0.1) is 0 Å². The first-order valence-corrected chi connectivity index (χ1v) is 6.71. The van der Waals surface area contributed by atoms with Crippen LogP contribution in [0.3, 0.4) is 0 Å². The Balaban J connectivity index is 2.11. The highest BCUT2D eigenvalue weighted by Crippen LogP contribution is 2.51. The molecule has 6 nitrogen and oxygen atoms in total. The van der Waals surface area contributed by atoms with Gasteiger partial charge < -0.3 is 18.9 Å². The predicted octanol–water partition coefficient (Wildman–Crippen LogP) is -0.521. The maximum Gasteiger partial charge on any atom is 0.207 e. The van der Waals surface area contributed by atoms with E-state index in [-0.39, 0.29) is 12.7 Å². The van der Waals surface area contributed by atoms with Crippen molar-refractivity contribution in [1.82, 2.24) is 5.09 Å². The molecule has 0 amide bonds. The lowest BCUT2D eigenvalue weighted by Crippen LogP contribution is -2.50. The van der Waals surface area contributed by atoms with Gasteiger partial charge in [-0.1, -0.05) is 0 Å². The molecule has 2 rings (SSSR count). The fraction of sp³-hybridized carbons (Fsp3) is 1.00. The first-order chi connectivity index (χ1) is 7.33. The molecule has 16 heavy (non-hydrogen) atoms. The molecule has 8 heteroatoms. The van der Waals surface area contributed by atoms with E-state index in [0.717, 1.165) is 0 Å². The predicted molar refractivity (Wildman–Crippen MR) is 54.7 cm³/mol. The Morgan fingerprint density at radius 2 is 2.44 bits per heavy atom. The zero-order valence-corrected chi connectivity index (χ0v) is 10.1. The highest BCUT2D eigenvalue weighted by Gasteiger charge is 2.56. The van der Waals surface area contributed by atoms with E-state index in [4.69, 9.17) is 21.8 Å². The fourth-order valence-electron chi connectivity index (χ4n) is 1.90. The highest BCUT2D eigenvalue weighted by atomic mass is 31.2. The summed E-state index contributed by atoms with van der Waals surface area (Å²) in [5.41, 5.74) is -1.15. The van der Waals surface area contributed by atoms with Crippen molar-refractivity contribution in [1.29, 1.82) is 0 Å². The van der Waals surface area contributed by atoms with Crippen LogP contribution in [0.4, 0.5) is 0 Å². The smallest absolute Gasteiger partial charge is 0.207 e. The van der Waals surface area contributed by atoms with Gasteiger partial charge in [0.25, 0.3) is 0 Å². The Bertz CT molecular complexity index is 328. The lowest BCUT2D eigenvalue weighted by Gasteiger charge is -2.29. The van der Waals surface area contributed by atoms with E-state index in [2.05, 4.69) is 5.09 Å². The summed E-state index contributed by atoms with van der Waals surface area (Å²) in [5, 5.41) is 2.34. The molecule has 1 N–H and O–H groups in total. The van der Waals surface area contributed by atoms with Crippen LogP contribution in [0.5, 0.6) is 0 Å². The average Bonchev–Trinajstić information content (AvgIpc) is 2.49. The Morgan fingerprint density at radius 1 is 1.75 bits per heavy atom.